The van der Waals surface area contributed by atoms with E-state index < -0.39 is 0 Å². The van der Waals surface area contributed by atoms with Crippen LogP contribution in [0.4, 0.5) is 0 Å². The first-order valence-corrected chi connectivity index (χ1v) is 1.51. The average molecular weight is 113 g/mol. The summed E-state index contributed by atoms with van der Waals surface area (Å²) in [5.74, 6) is 6.27. The predicted octanol–water partition coefficient (Wildman–Crippen LogP) is -3.49. The standard InChI is InChI=1S/C2H8N3.K/c3-1-2-5-4;/h4-5H,1-3H2;/q-1;+1. The van der Waals surface area contributed by atoms with Crippen molar-refractivity contribution in [2.45, 2.75) is 0 Å². The summed E-state index contributed by atoms with van der Waals surface area (Å²) in [6.07, 6.45) is 0. The van der Waals surface area contributed by atoms with Gasteiger partial charge < -0.3 is 17.0 Å². The van der Waals surface area contributed by atoms with Crippen molar-refractivity contribution in [2.24, 2.45) is 5.73 Å². The van der Waals surface area contributed by atoms with Crippen LogP contribution in [0.15, 0.2) is 0 Å². The van der Waals surface area contributed by atoms with Gasteiger partial charge in [0.05, 0.1) is 0 Å². The molecule has 0 amide bonds. The molecule has 0 saturated heterocycles. The van der Waals surface area contributed by atoms with Crippen LogP contribution in [-0.2, 0) is 0 Å². The molecule has 0 fully saturated rings. The van der Waals surface area contributed by atoms with Crippen LogP contribution in [0, 0.1) is 0 Å². The summed E-state index contributed by atoms with van der Waals surface area (Å²) >= 11 is 0. The molecule has 0 atom stereocenters. The number of hydrogen-bond donors (Lipinski definition) is 2. The Hall–Kier alpha value is 1.52. The van der Waals surface area contributed by atoms with E-state index in [2.05, 4.69) is 5.43 Å². The molecule has 0 aromatic carbocycles. The van der Waals surface area contributed by atoms with Gasteiger partial charge in [-0.3, -0.25) is 0 Å². The van der Waals surface area contributed by atoms with Gasteiger partial charge in [0.25, 0.3) is 0 Å². The number of nitrogens with two attached hydrogens (primary N) is 1. The molecule has 0 aromatic rings. The molecule has 0 bridgehead atoms. The molecule has 0 spiro atoms. The molecule has 3 nitrogen and oxygen atoms in total. The van der Waals surface area contributed by atoms with E-state index in [0.717, 1.165) is 0 Å². The molecular weight excluding hydrogens is 105 g/mol. The summed E-state index contributed by atoms with van der Waals surface area (Å²) in [5.41, 5.74) is 7.10. The topological polar surface area (TPSA) is 61.8 Å². The van der Waals surface area contributed by atoms with E-state index in [-0.39, 0.29) is 51.4 Å². The molecule has 0 aromatic heterocycles. The molecule has 0 heterocycles. The summed E-state index contributed by atoms with van der Waals surface area (Å²) in [5, 5.41) is 0. The normalized spacial score (nSPS) is 7.00. The molecule has 0 radical (unpaired) electrons. The summed E-state index contributed by atoms with van der Waals surface area (Å²) in [6, 6.07) is 0. The third-order valence-corrected chi connectivity index (χ3v) is 0.269. The summed E-state index contributed by atoms with van der Waals surface area (Å²) < 4.78 is 0. The fourth-order valence-corrected chi connectivity index (χ4v) is 0.0722. The van der Waals surface area contributed by atoms with E-state index in [1.165, 1.54) is 0 Å². The smallest absolute Gasteiger partial charge is 0.612 e. The predicted molar refractivity (Wildman–Crippen MR) is 21.4 cm³/mol. The Labute approximate surface area is 80.2 Å². The van der Waals surface area contributed by atoms with Crippen molar-refractivity contribution in [3.8, 4) is 0 Å². The maximum absolute atomic E-state index is 6.27. The first-order chi connectivity index (χ1) is 2.41. The van der Waals surface area contributed by atoms with E-state index in [0.29, 0.717) is 13.1 Å². The molecule has 4 N–H and O–H groups in total. The second-order valence-electron chi connectivity index (χ2n) is 0.715. The molecule has 4 heteroatoms. The van der Waals surface area contributed by atoms with Crippen molar-refractivity contribution in [3.05, 3.63) is 5.84 Å². The average Bonchev–Trinajstić information content (AvgIpc) is 1.41. The van der Waals surface area contributed by atoms with Crippen LogP contribution in [0.5, 0.6) is 0 Å². The molecule has 32 valence electrons. The van der Waals surface area contributed by atoms with E-state index in [9.17, 15) is 0 Å². The fourth-order valence-electron chi connectivity index (χ4n) is 0.0722. The third-order valence-electron chi connectivity index (χ3n) is 0.269. The Bertz CT molecular complexity index is 16.3. The number of hydrogen-bond acceptors (Lipinski definition) is 2. The van der Waals surface area contributed by atoms with Crippen LogP contribution in [0.3, 0.4) is 0 Å². The van der Waals surface area contributed by atoms with E-state index >= 15 is 0 Å². The zero-order valence-electron chi connectivity index (χ0n) is 3.99. The molecule has 0 rings (SSSR count). The Morgan fingerprint density at radius 1 is 1.67 bits per heavy atom. The van der Waals surface area contributed by atoms with Crippen molar-refractivity contribution >= 4 is 0 Å². The van der Waals surface area contributed by atoms with Crippen molar-refractivity contribution in [2.75, 3.05) is 13.1 Å². The van der Waals surface area contributed by atoms with E-state index in [1.807, 2.05) is 0 Å². The Morgan fingerprint density at radius 2 is 2.17 bits per heavy atom. The van der Waals surface area contributed by atoms with Crippen molar-refractivity contribution in [3.63, 3.8) is 0 Å². The van der Waals surface area contributed by atoms with Crippen molar-refractivity contribution in [1.82, 2.24) is 5.43 Å². The first-order valence-electron chi connectivity index (χ1n) is 1.51. The Balaban J connectivity index is 0. The monoisotopic (exact) mass is 113 g/mol. The van der Waals surface area contributed by atoms with Crippen LogP contribution in [0.25, 0.3) is 5.84 Å². The molecule has 0 unspecified atom stereocenters. The van der Waals surface area contributed by atoms with Crippen molar-refractivity contribution < 1.29 is 51.4 Å². The molecule has 0 aliphatic rings. The van der Waals surface area contributed by atoms with Crippen LogP contribution in [-0.4, -0.2) is 13.1 Å². The summed E-state index contributed by atoms with van der Waals surface area (Å²) in [4.78, 5) is 0. The number of rotatable bonds is 2. The molecule has 6 heavy (non-hydrogen) atoms. The SMILES string of the molecule is [K+].[NH-]NCCN. The summed E-state index contributed by atoms with van der Waals surface area (Å²) in [7, 11) is 0. The van der Waals surface area contributed by atoms with E-state index in [1.54, 1.807) is 0 Å². The zero-order chi connectivity index (χ0) is 4.12. The summed E-state index contributed by atoms with van der Waals surface area (Å²) in [6.45, 7) is 1.13. The van der Waals surface area contributed by atoms with Gasteiger partial charge in [0.15, 0.2) is 0 Å². The fraction of sp³-hybridized carbons (Fsp3) is 1.00. The maximum atomic E-state index is 6.27. The van der Waals surface area contributed by atoms with Gasteiger partial charge in [-0.25, -0.2) is 0 Å². The minimum Gasteiger partial charge on any atom is -0.612 e. The molecule has 0 aliphatic carbocycles. The van der Waals surface area contributed by atoms with Crippen LogP contribution < -0.4 is 62.5 Å². The second kappa shape index (κ2) is 9.72. The van der Waals surface area contributed by atoms with Gasteiger partial charge in [0.2, 0.25) is 0 Å². The van der Waals surface area contributed by atoms with Gasteiger partial charge in [-0.15, -0.1) is 0 Å². The van der Waals surface area contributed by atoms with Gasteiger partial charge in [0, 0.05) is 6.54 Å². The van der Waals surface area contributed by atoms with Crippen LogP contribution in [0.1, 0.15) is 0 Å². The molecule has 0 aliphatic heterocycles. The zero-order valence-corrected chi connectivity index (χ0v) is 7.11. The molecular formula is C2H8KN3. The van der Waals surface area contributed by atoms with Gasteiger partial charge >= 0.3 is 51.4 Å². The van der Waals surface area contributed by atoms with Crippen LogP contribution >= 0.6 is 0 Å². The first kappa shape index (κ1) is 10.5. The van der Waals surface area contributed by atoms with E-state index in [4.69, 9.17) is 11.6 Å². The largest absolute Gasteiger partial charge is 1.00 e. The van der Waals surface area contributed by atoms with Crippen molar-refractivity contribution in [1.29, 1.82) is 0 Å². The van der Waals surface area contributed by atoms with Gasteiger partial charge in [-0.05, 0) is 6.54 Å². The minimum absolute atomic E-state index is 0. The van der Waals surface area contributed by atoms with Crippen LogP contribution in [0.2, 0.25) is 0 Å². The third kappa shape index (κ3) is 9.10. The molecule has 0 saturated carbocycles. The quantitative estimate of drug-likeness (QED) is 0.288. The minimum atomic E-state index is 0. The van der Waals surface area contributed by atoms with Gasteiger partial charge in [0.1, 0.15) is 0 Å². The van der Waals surface area contributed by atoms with Gasteiger partial charge in [-0.1, -0.05) is 0 Å². The Morgan fingerprint density at radius 3 is 2.17 bits per heavy atom. The Kier molecular flexibility index (Phi) is 17.0. The van der Waals surface area contributed by atoms with Gasteiger partial charge in [-0.2, -0.15) is 0 Å². The second-order valence-corrected chi connectivity index (χ2v) is 0.715. The maximum Gasteiger partial charge on any atom is 1.00 e. The number of nitrogens with one attached hydrogen (secondary N) is 2.